The van der Waals surface area contributed by atoms with Gasteiger partial charge in [0.15, 0.2) is 0 Å². The van der Waals surface area contributed by atoms with Crippen LogP contribution in [0, 0.1) is 0 Å². The lowest BCUT2D eigenvalue weighted by atomic mass is 10.0. The van der Waals surface area contributed by atoms with Crippen molar-refractivity contribution in [2.24, 2.45) is 0 Å². The molecule has 0 bridgehead atoms. The lowest BCUT2D eigenvalue weighted by molar-refractivity contribution is 0.396. The van der Waals surface area contributed by atoms with E-state index in [1.54, 1.807) is 18.2 Å². The van der Waals surface area contributed by atoms with Crippen molar-refractivity contribution in [1.82, 2.24) is 0 Å². The predicted octanol–water partition coefficient (Wildman–Crippen LogP) is 3.19. The zero-order valence-electron chi connectivity index (χ0n) is 13.5. The Bertz CT molecular complexity index is 958. The van der Waals surface area contributed by atoms with E-state index >= 15 is 0 Å². The Morgan fingerprint density at radius 3 is 2.33 bits per heavy atom. The number of phenolic OH excluding ortho intramolecular Hbond substituents is 1. The molecule has 0 amide bonds. The molecule has 1 aromatic heterocycles. The molecule has 2 aromatic carbocycles. The van der Waals surface area contributed by atoms with E-state index in [0.29, 0.717) is 39.3 Å². The highest BCUT2D eigenvalue weighted by Crippen LogP contribution is 2.34. The average molecular weight is 328 g/mol. The van der Waals surface area contributed by atoms with Crippen LogP contribution in [0.4, 0.5) is 0 Å². The summed E-state index contributed by atoms with van der Waals surface area (Å²) in [5.41, 5.74) is 0.920. The Morgan fingerprint density at radius 2 is 1.67 bits per heavy atom. The molecule has 24 heavy (non-hydrogen) atoms. The van der Waals surface area contributed by atoms with E-state index in [0.717, 1.165) is 0 Å². The summed E-state index contributed by atoms with van der Waals surface area (Å²) in [6.07, 6.45) is 1.36. The fourth-order valence-electron chi connectivity index (χ4n) is 2.56. The minimum Gasteiger partial charge on any atom is -0.508 e. The number of phenols is 1. The highest BCUT2D eigenvalue weighted by atomic mass is 16.5. The van der Waals surface area contributed by atoms with Crippen LogP contribution in [0.2, 0.25) is 0 Å². The zero-order valence-corrected chi connectivity index (χ0v) is 13.5. The second kappa shape index (κ2) is 6.16. The fourth-order valence-corrected chi connectivity index (χ4v) is 2.56. The van der Waals surface area contributed by atoms with E-state index in [1.165, 1.54) is 39.7 Å². The number of hydrogen-bond acceptors (Lipinski definition) is 6. The molecular formula is C18H16O6. The van der Waals surface area contributed by atoms with Crippen molar-refractivity contribution in [2.45, 2.75) is 0 Å². The molecule has 0 aliphatic heterocycles. The first-order valence-electron chi connectivity index (χ1n) is 7.14. The van der Waals surface area contributed by atoms with Crippen LogP contribution in [0.15, 0.2) is 45.8 Å². The standard InChI is InChI=1S/C18H16O6/c1-21-11-7-15(23-3)17-16(8-11)24-9-13(18(17)20)12-5-4-10(19)6-14(12)22-2/h4-9,19H,1-3H3. The van der Waals surface area contributed by atoms with Crippen LogP contribution in [-0.4, -0.2) is 26.4 Å². The molecule has 124 valence electrons. The quantitative estimate of drug-likeness (QED) is 0.792. The van der Waals surface area contributed by atoms with Gasteiger partial charge in [-0.3, -0.25) is 4.79 Å². The van der Waals surface area contributed by atoms with Crippen molar-refractivity contribution in [3.05, 3.63) is 46.8 Å². The molecule has 0 aliphatic rings. The topological polar surface area (TPSA) is 78.1 Å². The molecule has 0 fully saturated rings. The van der Waals surface area contributed by atoms with Gasteiger partial charge in [0.25, 0.3) is 0 Å². The van der Waals surface area contributed by atoms with Crippen molar-refractivity contribution in [1.29, 1.82) is 0 Å². The molecule has 1 N–H and O–H groups in total. The lowest BCUT2D eigenvalue weighted by Crippen LogP contribution is -2.07. The summed E-state index contributed by atoms with van der Waals surface area (Å²) < 4.78 is 21.3. The second-order valence-corrected chi connectivity index (χ2v) is 5.07. The molecule has 0 radical (unpaired) electrons. The van der Waals surface area contributed by atoms with E-state index in [2.05, 4.69) is 0 Å². The van der Waals surface area contributed by atoms with Gasteiger partial charge in [-0.25, -0.2) is 0 Å². The molecule has 3 aromatic rings. The molecule has 6 nitrogen and oxygen atoms in total. The van der Waals surface area contributed by atoms with Crippen LogP contribution in [0.3, 0.4) is 0 Å². The number of rotatable bonds is 4. The molecule has 0 spiro atoms. The molecule has 6 heteroatoms. The number of benzene rings is 2. The van der Waals surface area contributed by atoms with E-state index in [9.17, 15) is 9.90 Å². The first-order valence-corrected chi connectivity index (χ1v) is 7.14. The molecule has 1 heterocycles. The zero-order chi connectivity index (χ0) is 17.3. The Labute approximate surface area is 137 Å². The highest BCUT2D eigenvalue weighted by Gasteiger charge is 2.17. The lowest BCUT2D eigenvalue weighted by Gasteiger charge is -2.11. The van der Waals surface area contributed by atoms with Crippen LogP contribution in [0.5, 0.6) is 23.0 Å². The van der Waals surface area contributed by atoms with Gasteiger partial charge in [0.1, 0.15) is 40.2 Å². The summed E-state index contributed by atoms with van der Waals surface area (Å²) in [5, 5.41) is 9.89. The van der Waals surface area contributed by atoms with Crippen LogP contribution in [0.1, 0.15) is 0 Å². The number of methoxy groups -OCH3 is 3. The molecular weight excluding hydrogens is 312 g/mol. The van der Waals surface area contributed by atoms with Gasteiger partial charge in [0.05, 0.1) is 26.9 Å². The van der Waals surface area contributed by atoms with Crippen LogP contribution in [-0.2, 0) is 0 Å². The SMILES string of the molecule is COc1cc(OC)c2c(=O)c(-c3ccc(O)cc3OC)coc2c1. The maximum absolute atomic E-state index is 13.0. The van der Waals surface area contributed by atoms with Gasteiger partial charge < -0.3 is 23.7 Å². The molecule has 0 saturated carbocycles. The average Bonchev–Trinajstić information content (AvgIpc) is 2.61. The largest absolute Gasteiger partial charge is 0.508 e. The fraction of sp³-hybridized carbons (Fsp3) is 0.167. The van der Waals surface area contributed by atoms with Gasteiger partial charge in [-0.2, -0.15) is 0 Å². The monoisotopic (exact) mass is 328 g/mol. The number of fused-ring (bicyclic) bond motifs is 1. The van der Waals surface area contributed by atoms with E-state index in [-0.39, 0.29) is 11.2 Å². The van der Waals surface area contributed by atoms with Crippen LogP contribution in [0.25, 0.3) is 22.1 Å². The Morgan fingerprint density at radius 1 is 0.917 bits per heavy atom. The van der Waals surface area contributed by atoms with Crippen molar-refractivity contribution >= 4 is 11.0 Å². The van der Waals surface area contributed by atoms with Gasteiger partial charge in [0, 0.05) is 23.8 Å². The van der Waals surface area contributed by atoms with Gasteiger partial charge in [0.2, 0.25) is 5.43 Å². The smallest absolute Gasteiger partial charge is 0.204 e. The molecule has 0 aliphatic carbocycles. The third-order valence-corrected chi connectivity index (χ3v) is 3.75. The first-order chi connectivity index (χ1) is 11.6. The Balaban J connectivity index is 2.32. The summed E-state index contributed by atoms with van der Waals surface area (Å²) in [6, 6.07) is 7.76. The summed E-state index contributed by atoms with van der Waals surface area (Å²) in [6.45, 7) is 0. The summed E-state index contributed by atoms with van der Waals surface area (Å²) in [7, 11) is 4.46. The van der Waals surface area contributed by atoms with E-state index < -0.39 is 0 Å². The molecule has 0 atom stereocenters. The third kappa shape index (κ3) is 2.52. The highest BCUT2D eigenvalue weighted by molar-refractivity contribution is 5.89. The van der Waals surface area contributed by atoms with Crippen molar-refractivity contribution in [3.8, 4) is 34.1 Å². The van der Waals surface area contributed by atoms with Gasteiger partial charge in [-0.05, 0) is 12.1 Å². The number of aromatic hydroxyl groups is 1. The summed E-state index contributed by atoms with van der Waals surface area (Å²) >= 11 is 0. The van der Waals surface area contributed by atoms with E-state index in [1.807, 2.05) is 0 Å². The number of hydrogen-bond donors (Lipinski definition) is 1. The maximum Gasteiger partial charge on any atom is 0.204 e. The molecule has 0 unspecified atom stereocenters. The summed E-state index contributed by atoms with van der Waals surface area (Å²) in [5.74, 6) is 1.30. The Hall–Kier alpha value is -3.15. The van der Waals surface area contributed by atoms with Gasteiger partial charge in [-0.15, -0.1) is 0 Å². The minimum atomic E-state index is -0.264. The predicted molar refractivity (Wildman–Crippen MR) is 89.2 cm³/mol. The molecule has 3 rings (SSSR count). The van der Waals surface area contributed by atoms with E-state index in [4.69, 9.17) is 18.6 Å². The van der Waals surface area contributed by atoms with Crippen LogP contribution >= 0.6 is 0 Å². The molecule has 0 saturated heterocycles. The van der Waals surface area contributed by atoms with Crippen molar-refractivity contribution in [2.75, 3.05) is 21.3 Å². The second-order valence-electron chi connectivity index (χ2n) is 5.07. The summed E-state index contributed by atoms with van der Waals surface area (Å²) in [4.78, 5) is 13.0. The van der Waals surface area contributed by atoms with Crippen molar-refractivity contribution < 1.29 is 23.7 Å². The van der Waals surface area contributed by atoms with Gasteiger partial charge >= 0.3 is 0 Å². The third-order valence-electron chi connectivity index (χ3n) is 3.75. The number of ether oxygens (including phenoxy) is 3. The van der Waals surface area contributed by atoms with Gasteiger partial charge in [-0.1, -0.05) is 0 Å². The maximum atomic E-state index is 13.0. The van der Waals surface area contributed by atoms with Crippen molar-refractivity contribution in [3.63, 3.8) is 0 Å². The van der Waals surface area contributed by atoms with Crippen LogP contribution < -0.4 is 19.6 Å². The first kappa shape index (κ1) is 15.7. The Kier molecular flexibility index (Phi) is 4.04. The normalized spacial score (nSPS) is 10.6. The minimum absolute atomic E-state index is 0.0445.